The molecule has 1 atom stereocenters. The van der Waals surface area contributed by atoms with Crippen molar-refractivity contribution in [3.8, 4) is 0 Å². The van der Waals surface area contributed by atoms with Gasteiger partial charge in [0.25, 0.3) is 5.91 Å². The summed E-state index contributed by atoms with van der Waals surface area (Å²) in [4.78, 5) is 11.9. The van der Waals surface area contributed by atoms with Crippen LogP contribution in [0.4, 0.5) is 5.69 Å². The van der Waals surface area contributed by atoms with Crippen molar-refractivity contribution in [1.82, 2.24) is 10.5 Å². The Morgan fingerprint density at radius 2 is 2.22 bits per heavy atom. The van der Waals surface area contributed by atoms with Crippen LogP contribution in [-0.2, 0) is 0 Å². The van der Waals surface area contributed by atoms with Crippen molar-refractivity contribution < 1.29 is 9.32 Å². The third-order valence-electron chi connectivity index (χ3n) is 2.61. The van der Waals surface area contributed by atoms with E-state index in [1.807, 2.05) is 25.1 Å². The Balaban J connectivity index is 2.07. The van der Waals surface area contributed by atoms with Gasteiger partial charge in [-0.25, -0.2) is 0 Å². The van der Waals surface area contributed by atoms with Gasteiger partial charge in [-0.15, -0.1) is 0 Å². The van der Waals surface area contributed by atoms with Crippen LogP contribution in [0.5, 0.6) is 0 Å². The third-order valence-corrected chi connectivity index (χ3v) is 2.61. The lowest BCUT2D eigenvalue weighted by Crippen LogP contribution is -2.26. The number of amides is 1. The lowest BCUT2D eigenvalue weighted by atomic mass is 10.1. The standard InChI is InChI=1S/C13H15N3O2/c1-8-6-12(18-16-8)13(17)15-9(2)10-4-3-5-11(14)7-10/h3-7,9H,14H2,1-2H3,(H,15,17). The lowest BCUT2D eigenvalue weighted by molar-refractivity contribution is 0.0902. The number of carbonyl (C=O) groups is 1. The van der Waals surface area contributed by atoms with E-state index in [2.05, 4.69) is 10.5 Å². The van der Waals surface area contributed by atoms with Gasteiger partial charge in [0.1, 0.15) is 0 Å². The van der Waals surface area contributed by atoms with E-state index in [1.165, 1.54) is 0 Å². The first-order valence-corrected chi connectivity index (χ1v) is 5.66. The van der Waals surface area contributed by atoms with E-state index in [1.54, 1.807) is 19.1 Å². The second-order valence-electron chi connectivity index (χ2n) is 4.20. The molecule has 0 saturated carbocycles. The summed E-state index contributed by atoms with van der Waals surface area (Å²) in [7, 11) is 0. The number of nitrogens with two attached hydrogens (primary N) is 1. The summed E-state index contributed by atoms with van der Waals surface area (Å²) < 4.78 is 4.90. The Hall–Kier alpha value is -2.30. The summed E-state index contributed by atoms with van der Waals surface area (Å²) in [5.74, 6) is -0.0752. The van der Waals surface area contributed by atoms with Gasteiger partial charge in [0.2, 0.25) is 5.76 Å². The van der Waals surface area contributed by atoms with E-state index in [0.717, 1.165) is 5.56 Å². The van der Waals surface area contributed by atoms with Gasteiger partial charge in [0.15, 0.2) is 0 Å². The predicted molar refractivity (Wildman–Crippen MR) is 68.0 cm³/mol. The largest absolute Gasteiger partial charge is 0.399 e. The van der Waals surface area contributed by atoms with Crippen molar-refractivity contribution in [1.29, 1.82) is 0 Å². The highest BCUT2D eigenvalue weighted by atomic mass is 16.5. The molecule has 1 unspecified atom stereocenters. The molecule has 5 heteroatoms. The molecule has 0 radical (unpaired) electrons. The molecule has 1 amide bonds. The molecule has 0 spiro atoms. The minimum atomic E-state index is -0.287. The van der Waals surface area contributed by atoms with Gasteiger partial charge in [-0.05, 0) is 31.5 Å². The van der Waals surface area contributed by atoms with Gasteiger partial charge < -0.3 is 15.6 Å². The van der Waals surface area contributed by atoms with Gasteiger partial charge in [-0.2, -0.15) is 0 Å². The van der Waals surface area contributed by atoms with Crippen LogP contribution in [0.2, 0.25) is 0 Å². The van der Waals surface area contributed by atoms with Gasteiger partial charge >= 0.3 is 0 Å². The van der Waals surface area contributed by atoms with Gasteiger partial charge in [-0.3, -0.25) is 4.79 Å². The molecule has 1 aromatic heterocycles. The van der Waals surface area contributed by atoms with Gasteiger partial charge in [-0.1, -0.05) is 17.3 Å². The van der Waals surface area contributed by atoms with Gasteiger partial charge in [0, 0.05) is 11.8 Å². The maximum absolute atomic E-state index is 11.9. The number of benzene rings is 1. The number of carbonyl (C=O) groups excluding carboxylic acids is 1. The normalized spacial score (nSPS) is 12.1. The van der Waals surface area contributed by atoms with Crippen LogP contribution in [0.3, 0.4) is 0 Å². The molecule has 0 fully saturated rings. The second-order valence-corrected chi connectivity index (χ2v) is 4.20. The van der Waals surface area contributed by atoms with Crippen molar-refractivity contribution in [2.24, 2.45) is 0 Å². The van der Waals surface area contributed by atoms with Crippen LogP contribution in [-0.4, -0.2) is 11.1 Å². The Morgan fingerprint density at radius 3 is 2.83 bits per heavy atom. The molecule has 2 aromatic rings. The maximum atomic E-state index is 11.9. The molecule has 0 saturated heterocycles. The zero-order chi connectivity index (χ0) is 13.1. The zero-order valence-electron chi connectivity index (χ0n) is 10.3. The van der Waals surface area contributed by atoms with Crippen molar-refractivity contribution in [2.45, 2.75) is 19.9 Å². The number of aryl methyl sites for hydroxylation is 1. The van der Waals surface area contributed by atoms with Crippen LogP contribution in [0.15, 0.2) is 34.9 Å². The zero-order valence-corrected chi connectivity index (χ0v) is 10.3. The minimum absolute atomic E-state index is 0.147. The number of aromatic nitrogens is 1. The quantitative estimate of drug-likeness (QED) is 0.811. The summed E-state index contributed by atoms with van der Waals surface area (Å²) in [6.07, 6.45) is 0. The smallest absolute Gasteiger partial charge is 0.290 e. The Bertz CT molecular complexity index is 563. The minimum Gasteiger partial charge on any atom is -0.399 e. The molecule has 94 valence electrons. The number of nitrogen functional groups attached to an aromatic ring is 1. The second kappa shape index (κ2) is 4.91. The lowest BCUT2D eigenvalue weighted by Gasteiger charge is -2.13. The van der Waals surface area contributed by atoms with Crippen LogP contribution in [0.25, 0.3) is 0 Å². The summed E-state index contributed by atoms with van der Waals surface area (Å²) in [6, 6.07) is 8.85. The topological polar surface area (TPSA) is 81.2 Å². The molecular formula is C13H15N3O2. The number of rotatable bonds is 3. The fraction of sp³-hybridized carbons (Fsp3) is 0.231. The van der Waals surface area contributed by atoms with Crippen LogP contribution >= 0.6 is 0 Å². The fourth-order valence-corrected chi connectivity index (χ4v) is 1.65. The summed E-state index contributed by atoms with van der Waals surface area (Å²) in [5.41, 5.74) is 7.99. The van der Waals surface area contributed by atoms with Gasteiger partial charge in [0.05, 0.1) is 11.7 Å². The number of anilines is 1. The van der Waals surface area contributed by atoms with Crippen LogP contribution in [0.1, 0.15) is 34.8 Å². The average molecular weight is 245 g/mol. The van der Waals surface area contributed by atoms with Crippen molar-refractivity contribution in [2.75, 3.05) is 5.73 Å². The van der Waals surface area contributed by atoms with Crippen molar-refractivity contribution >= 4 is 11.6 Å². The molecule has 0 aliphatic heterocycles. The first kappa shape index (κ1) is 12.2. The highest BCUT2D eigenvalue weighted by molar-refractivity contribution is 5.91. The van der Waals surface area contributed by atoms with E-state index in [0.29, 0.717) is 11.4 Å². The average Bonchev–Trinajstić information content (AvgIpc) is 2.76. The number of nitrogens with zero attached hydrogens (tertiary/aromatic N) is 1. The summed E-state index contributed by atoms with van der Waals surface area (Å²) >= 11 is 0. The Labute approximate surface area is 105 Å². The summed E-state index contributed by atoms with van der Waals surface area (Å²) in [5, 5.41) is 6.50. The number of hydrogen-bond donors (Lipinski definition) is 2. The molecule has 5 nitrogen and oxygen atoms in total. The maximum Gasteiger partial charge on any atom is 0.290 e. The molecule has 1 aromatic carbocycles. The van der Waals surface area contributed by atoms with Crippen molar-refractivity contribution in [3.63, 3.8) is 0 Å². The first-order chi connectivity index (χ1) is 8.56. The van der Waals surface area contributed by atoms with E-state index in [4.69, 9.17) is 10.3 Å². The predicted octanol–water partition coefficient (Wildman–Crippen LogP) is 2.06. The number of nitrogens with one attached hydrogen (secondary N) is 1. The monoisotopic (exact) mass is 245 g/mol. The van der Waals surface area contributed by atoms with Crippen LogP contribution in [0, 0.1) is 6.92 Å². The SMILES string of the molecule is Cc1cc(C(=O)NC(C)c2cccc(N)c2)on1. The van der Waals surface area contributed by atoms with E-state index in [-0.39, 0.29) is 17.7 Å². The third kappa shape index (κ3) is 2.68. The molecule has 3 N–H and O–H groups in total. The highest BCUT2D eigenvalue weighted by Crippen LogP contribution is 2.16. The first-order valence-electron chi connectivity index (χ1n) is 5.66. The van der Waals surface area contributed by atoms with Crippen molar-refractivity contribution in [3.05, 3.63) is 47.3 Å². The molecule has 0 bridgehead atoms. The molecular weight excluding hydrogens is 230 g/mol. The molecule has 18 heavy (non-hydrogen) atoms. The molecule has 1 heterocycles. The molecule has 0 aliphatic rings. The van der Waals surface area contributed by atoms with E-state index < -0.39 is 0 Å². The molecule has 2 rings (SSSR count). The molecule has 0 aliphatic carbocycles. The number of hydrogen-bond acceptors (Lipinski definition) is 4. The fourth-order valence-electron chi connectivity index (χ4n) is 1.65. The summed E-state index contributed by atoms with van der Waals surface area (Å²) in [6.45, 7) is 3.65. The van der Waals surface area contributed by atoms with E-state index in [9.17, 15) is 4.79 Å². The van der Waals surface area contributed by atoms with Crippen LogP contribution < -0.4 is 11.1 Å². The Kier molecular flexibility index (Phi) is 3.32. The Morgan fingerprint density at radius 1 is 1.44 bits per heavy atom. The highest BCUT2D eigenvalue weighted by Gasteiger charge is 2.15. The van der Waals surface area contributed by atoms with E-state index >= 15 is 0 Å².